The number of hydrogen-bond acceptors (Lipinski definition) is 4. The van der Waals surface area contributed by atoms with Gasteiger partial charge in [-0.3, -0.25) is 24.1 Å². The van der Waals surface area contributed by atoms with E-state index >= 15 is 0 Å². The van der Waals surface area contributed by atoms with Gasteiger partial charge >= 0.3 is 0 Å². The van der Waals surface area contributed by atoms with Crippen LogP contribution < -0.4 is 5.32 Å². The van der Waals surface area contributed by atoms with Crippen molar-refractivity contribution in [3.8, 4) is 0 Å². The van der Waals surface area contributed by atoms with Gasteiger partial charge in [-0.05, 0) is 44.2 Å². The number of rotatable bonds is 6. The van der Waals surface area contributed by atoms with Crippen molar-refractivity contribution in [3.63, 3.8) is 0 Å². The molecule has 1 aromatic carbocycles. The second kappa shape index (κ2) is 7.73. The minimum atomic E-state index is -0.278. The Hall–Kier alpha value is -2.70. The molecule has 1 N–H and O–H groups in total. The minimum Gasteiger partial charge on any atom is -0.353 e. The van der Waals surface area contributed by atoms with Crippen molar-refractivity contribution in [2.24, 2.45) is 5.92 Å². The maximum Gasteiger partial charge on any atom is 0.261 e. The highest BCUT2D eigenvalue weighted by Gasteiger charge is 2.35. The summed E-state index contributed by atoms with van der Waals surface area (Å²) in [6.07, 6.45) is 4.33. The lowest BCUT2D eigenvalue weighted by Crippen LogP contribution is -2.47. The largest absolute Gasteiger partial charge is 0.353 e. The second-order valence-corrected chi connectivity index (χ2v) is 7.85. The molecule has 28 heavy (non-hydrogen) atoms. The Bertz CT molecular complexity index is 775. The molecule has 4 rings (SSSR count). The highest BCUT2D eigenvalue weighted by molar-refractivity contribution is 6.21. The number of likely N-dealkylation sites (tertiary alicyclic amines) is 1. The van der Waals surface area contributed by atoms with E-state index in [-0.39, 0.29) is 42.1 Å². The second-order valence-electron chi connectivity index (χ2n) is 7.85. The molecule has 7 nitrogen and oxygen atoms in total. The summed E-state index contributed by atoms with van der Waals surface area (Å²) in [5.74, 6) is -0.142. The first-order valence-electron chi connectivity index (χ1n) is 10.1. The van der Waals surface area contributed by atoms with Gasteiger partial charge in [0.2, 0.25) is 11.8 Å². The van der Waals surface area contributed by atoms with Gasteiger partial charge in [-0.2, -0.15) is 0 Å². The maximum absolute atomic E-state index is 12.5. The van der Waals surface area contributed by atoms with Crippen LogP contribution in [0.3, 0.4) is 0 Å². The van der Waals surface area contributed by atoms with Gasteiger partial charge in [0.15, 0.2) is 0 Å². The van der Waals surface area contributed by atoms with E-state index in [4.69, 9.17) is 0 Å². The van der Waals surface area contributed by atoms with Gasteiger partial charge in [0.1, 0.15) is 0 Å². The Balaban J connectivity index is 1.20. The van der Waals surface area contributed by atoms with Crippen molar-refractivity contribution in [3.05, 3.63) is 35.4 Å². The summed E-state index contributed by atoms with van der Waals surface area (Å²) in [5.41, 5.74) is 0.878. The average molecular weight is 383 g/mol. The molecule has 0 bridgehead atoms. The van der Waals surface area contributed by atoms with Gasteiger partial charge in [0.05, 0.1) is 11.1 Å². The van der Waals surface area contributed by atoms with Crippen LogP contribution in [-0.4, -0.2) is 59.1 Å². The molecular weight excluding hydrogens is 358 g/mol. The fourth-order valence-electron chi connectivity index (χ4n) is 3.93. The van der Waals surface area contributed by atoms with Gasteiger partial charge in [-0.15, -0.1) is 0 Å². The molecule has 148 valence electrons. The van der Waals surface area contributed by atoms with E-state index in [9.17, 15) is 19.2 Å². The Morgan fingerprint density at radius 2 is 1.57 bits per heavy atom. The zero-order valence-electron chi connectivity index (χ0n) is 15.9. The molecule has 4 amide bonds. The number of nitrogens with one attached hydrogen (secondary N) is 1. The zero-order valence-corrected chi connectivity index (χ0v) is 15.9. The third-order valence-electron chi connectivity index (χ3n) is 5.79. The lowest BCUT2D eigenvalue weighted by Gasteiger charge is -2.32. The fourth-order valence-corrected chi connectivity index (χ4v) is 3.93. The molecule has 7 heteroatoms. The van der Waals surface area contributed by atoms with Crippen molar-refractivity contribution in [1.82, 2.24) is 15.1 Å². The lowest BCUT2D eigenvalue weighted by molar-refractivity contribution is -0.132. The van der Waals surface area contributed by atoms with Crippen LogP contribution in [0.4, 0.5) is 0 Å². The predicted octanol–water partition coefficient (Wildman–Crippen LogP) is 1.58. The molecule has 2 fully saturated rings. The molecule has 1 aromatic rings. The fraction of sp³-hybridized carbons (Fsp3) is 0.524. The van der Waals surface area contributed by atoms with Crippen molar-refractivity contribution in [2.45, 2.75) is 44.6 Å². The molecule has 0 spiro atoms. The van der Waals surface area contributed by atoms with E-state index in [1.165, 1.54) is 4.90 Å². The normalized spacial score (nSPS) is 19.7. The number of piperidine rings is 1. The number of hydrogen-bond donors (Lipinski definition) is 1. The van der Waals surface area contributed by atoms with Crippen LogP contribution in [0.2, 0.25) is 0 Å². The van der Waals surface area contributed by atoms with Crippen LogP contribution in [0.1, 0.15) is 59.2 Å². The van der Waals surface area contributed by atoms with Crippen molar-refractivity contribution < 1.29 is 19.2 Å². The summed E-state index contributed by atoms with van der Waals surface area (Å²) in [6.45, 7) is 1.54. The molecule has 1 saturated carbocycles. The number of fused-ring (bicyclic) bond motifs is 1. The molecule has 2 aliphatic heterocycles. The Morgan fingerprint density at radius 1 is 0.964 bits per heavy atom. The summed E-state index contributed by atoms with van der Waals surface area (Å²) in [4.78, 5) is 52.0. The van der Waals surface area contributed by atoms with E-state index in [1.54, 1.807) is 24.3 Å². The number of amides is 4. The first-order chi connectivity index (χ1) is 13.5. The van der Waals surface area contributed by atoms with Crippen LogP contribution in [0, 0.1) is 5.92 Å². The lowest BCUT2D eigenvalue weighted by atomic mass is 10.0. The van der Waals surface area contributed by atoms with Crippen LogP contribution in [0.5, 0.6) is 0 Å². The molecule has 1 aliphatic carbocycles. The summed E-state index contributed by atoms with van der Waals surface area (Å²) in [5, 5.41) is 3.08. The Kier molecular flexibility index (Phi) is 5.15. The number of carbonyl (C=O) groups excluding carboxylic acids is 4. The molecule has 0 radical (unpaired) electrons. The van der Waals surface area contributed by atoms with Gasteiger partial charge in [0, 0.05) is 38.0 Å². The van der Waals surface area contributed by atoms with Crippen LogP contribution in [0.15, 0.2) is 24.3 Å². The molecule has 0 atom stereocenters. The highest BCUT2D eigenvalue weighted by Crippen LogP contribution is 2.29. The molecule has 0 unspecified atom stereocenters. The SMILES string of the molecule is O=C(NC1CCN(C(=O)CCCN2C(=O)c3ccccc3C2=O)CC1)C1CC1. The van der Waals surface area contributed by atoms with Crippen molar-refractivity contribution >= 4 is 23.6 Å². The van der Waals surface area contributed by atoms with Crippen molar-refractivity contribution in [1.29, 1.82) is 0 Å². The zero-order chi connectivity index (χ0) is 19.7. The smallest absolute Gasteiger partial charge is 0.261 e. The van der Waals surface area contributed by atoms with E-state index in [1.807, 2.05) is 4.90 Å². The third-order valence-corrected chi connectivity index (χ3v) is 5.79. The van der Waals surface area contributed by atoms with Gasteiger partial charge < -0.3 is 10.2 Å². The molecule has 1 saturated heterocycles. The molecule has 0 aromatic heterocycles. The number of nitrogens with zero attached hydrogens (tertiary/aromatic N) is 2. The predicted molar refractivity (Wildman–Crippen MR) is 102 cm³/mol. The first kappa shape index (κ1) is 18.7. The average Bonchev–Trinajstić information content (AvgIpc) is 3.53. The van der Waals surface area contributed by atoms with Gasteiger partial charge in [-0.25, -0.2) is 0 Å². The first-order valence-corrected chi connectivity index (χ1v) is 10.1. The van der Waals surface area contributed by atoms with Crippen molar-refractivity contribution in [2.75, 3.05) is 19.6 Å². The van der Waals surface area contributed by atoms with Crippen LogP contribution >= 0.6 is 0 Å². The van der Waals surface area contributed by atoms with E-state index < -0.39 is 0 Å². The Morgan fingerprint density at radius 3 is 2.14 bits per heavy atom. The van der Waals surface area contributed by atoms with E-state index in [0.29, 0.717) is 37.1 Å². The monoisotopic (exact) mass is 383 g/mol. The van der Waals surface area contributed by atoms with Crippen LogP contribution in [-0.2, 0) is 9.59 Å². The van der Waals surface area contributed by atoms with Crippen LogP contribution in [0.25, 0.3) is 0 Å². The third kappa shape index (κ3) is 3.79. The molecule has 2 heterocycles. The summed E-state index contributed by atoms with van der Waals surface area (Å²) < 4.78 is 0. The topological polar surface area (TPSA) is 86.8 Å². The van der Waals surface area contributed by atoms with Gasteiger partial charge in [-0.1, -0.05) is 12.1 Å². The highest BCUT2D eigenvalue weighted by atomic mass is 16.2. The standard InChI is InChI=1S/C21H25N3O4/c25-18(23-12-9-15(10-13-23)22-19(26)14-7-8-14)6-3-11-24-20(27)16-4-1-2-5-17(16)21(24)28/h1-2,4-5,14-15H,3,6-13H2,(H,22,26). The quantitative estimate of drug-likeness (QED) is 0.756. The minimum absolute atomic E-state index is 0.0450. The Labute approximate surface area is 164 Å². The van der Waals surface area contributed by atoms with E-state index in [2.05, 4.69) is 5.32 Å². The summed E-state index contributed by atoms with van der Waals surface area (Å²) in [7, 11) is 0. The van der Waals surface area contributed by atoms with Gasteiger partial charge in [0.25, 0.3) is 11.8 Å². The maximum atomic E-state index is 12.5. The number of carbonyl (C=O) groups is 4. The number of benzene rings is 1. The van der Waals surface area contributed by atoms with E-state index in [0.717, 1.165) is 25.7 Å². The molecule has 3 aliphatic rings. The molecular formula is C21H25N3O4. The summed E-state index contributed by atoms with van der Waals surface area (Å²) in [6, 6.07) is 6.97. The summed E-state index contributed by atoms with van der Waals surface area (Å²) >= 11 is 0. The number of imide groups is 1.